The molecule has 0 radical (unpaired) electrons. The Morgan fingerprint density at radius 1 is 0.703 bits per heavy atom. The van der Waals surface area contributed by atoms with Crippen molar-refractivity contribution in [3.8, 4) is 11.5 Å². The van der Waals surface area contributed by atoms with Crippen LogP contribution in [0.15, 0.2) is 24.3 Å². The molecule has 2 aromatic rings. The van der Waals surface area contributed by atoms with Crippen molar-refractivity contribution in [1.29, 1.82) is 0 Å². The number of ether oxygens (including phenoxy) is 2. The number of hydrogen-bond donors (Lipinski definition) is 2. The van der Waals surface area contributed by atoms with E-state index in [0.29, 0.717) is 0 Å². The van der Waals surface area contributed by atoms with Crippen molar-refractivity contribution in [2.24, 2.45) is 11.5 Å². The summed E-state index contributed by atoms with van der Waals surface area (Å²) in [5.74, 6) is 2.00. The minimum Gasteiger partial charge on any atom is -0.493 e. The van der Waals surface area contributed by atoms with Crippen LogP contribution in [0, 0.1) is 0 Å². The van der Waals surface area contributed by atoms with Gasteiger partial charge in [-0.15, -0.1) is 0 Å². The van der Waals surface area contributed by atoms with Gasteiger partial charge in [-0.25, -0.2) is 0 Å². The molecule has 0 aromatic heterocycles. The van der Waals surface area contributed by atoms with E-state index in [9.17, 15) is 0 Å². The molecule has 4 N–H and O–H groups in total. The molecule has 0 aliphatic heterocycles. The monoisotopic (exact) mass is 786 g/mol. The van der Waals surface area contributed by atoms with Crippen molar-refractivity contribution in [2.45, 2.75) is 81.1 Å². The average molecular weight is 790 g/mol. The maximum Gasteiger partial charge on any atom is 0.160 e. The van der Waals surface area contributed by atoms with Crippen LogP contribution >= 0.6 is 75.9 Å². The zero-order valence-corrected chi connectivity index (χ0v) is 30.0. The SMILES string of the molecule is CC.CCCOc1c(CBr)cc(C(C)(C)c2cc(CBr)c(OCCC)c(CBr)c2)cc1CBr.NC(N)=S. The molecule has 210 valence electrons. The second-order valence-corrected chi connectivity index (χ2v) is 11.2. The molecule has 0 aliphatic carbocycles. The van der Waals surface area contributed by atoms with Gasteiger partial charge in [0.15, 0.2) is 5.11 Å². The molecule has 0 fully saturated rings. The first-order valence-corrected chi connectivity index (χ1v) is 17.4. The van der Waals surface area contributed by atoms with Gasteiger partial charge in [-0.3, -0.25) is 0 Å². The van der Waals surface area contributed by atoms with Gasteiger partial charge >= 0.3 is 0 Å². The summed E-state index contributed by atoms with van der Waals surface area (Å²) < 4.78 is 12.2. The molecule has 37 heavy (non-hydrogen) atoms. The highest BCUT2D eigenvalue weighted by atomic mass is 79.9. The number of benzene rings is 2. The summed E-state index contributed by atoms with van der Waals surface area (Å²) in [6.07, 6.45) is 1.99. The van der Waals surface area contributed by atoms with Crippen molar-refractivity contribution in [3.05, 3.63) is 57.6 Å². The maximum absolute atomic E-state index is 6.11. The summed E-state index contributed by atoms with van der Waals surface area (Å²) in [6.45, 7) is 14.3. The third-order valence-corrected chi connectivity index (χ3v) is 7.82. The van der Waals surface area contributed by atoms with Gasteiger partial charge in [-0.05, 0) is 36.2 Å². The Kier molecular flexibility index (Phi) is 19.5. The van der Waals surface area contributed by atoms with Gasteiger partial charge in [0, 0.05) is 49.0 Å². The molecule has 0 bridgehead atoms. The smallest absolute Gasteiger partial charge is 0.160 e. The van der Waals surface area contributed by atoms with E-state index in [1.807, 2.05) is 13.8 Å². The molecule has 0 heterocycles. The predicted octanol–water partition coefficient (Wildman–Crippen LogP) is 9.38. The fraction of sp³-hybridized carbons (Fsp3) is 0.536. The van der Waals surface area contributed by atoms with Crippen LogP contribution in [0.4, 0.5) is 0 Å². The first-order chi connectivity index (χ1) is 17.6. The topological polar surface area (TPSA) is 70.5 Å². The van der Waals surface area contributed by atoms with Gasteiger partial charge < -0.3 is 20.9 Å². The van der Waals surface area contributed by atoms with Gasteiger partial charge in [-0.2, -0.15) is 0 Å². The first-order valence-electron chi connectivity index (χ1n) is 12.5. The van der Waals surface area contributed by atoms with E-state index in [2.05, 4.69) is 139 Å². The Hall–Kier alpha value is -0.350. The molecular formula is C28H42Br4N2O2S. The summed E-state index contributed by atoms with van der Waals surface area (Å²) in [7, 11) is 0. The average Bonchev–Trinajstić information content (AvgIpc) is 2.90. The molecule has 0 saturated carbocycles. The molecule has 0 aliphatic rings. The first kappa shape index (κ1) is 36.6. The second kappa shape index (κ2) is 19.7. The fourth-order valence-corrected chi connectivity index (χ4v) is 5.24. The van der Waals surface area contributed by atoms with E-state index in [1.165, 1.54) is 33.4 Å². The Bertz CT molecular complexity index is 848. The zero-order chi connectivity index (χ0) is 28.6. The van der Waals surface area contributed by atoms with Crippen molar-refractivity contribution in [1.82, 2.24) is 0 Å². The minimum absolute atomic E-state index is 0.000000000000000222. The summed E-state index contributed by atoms with van der Waals surface area (Å²) >= 11 is 18.8. The molecule has 9 heteroatoms. The third kappa shape index (κ3) is 11.3. The fourth-order valence-electron chi connectivity index (χ4n) is 3.57. The number of nitrogens with two attached hydrogens (primary N) is 2. The van der Waals surface area contributed by atoms with Crippen molar-refractivity contribution >= 4 is 81.1 Å². The molecule has 0 saturated heterocycles. The summed E-state index contributed by atoms with van der Waals surface area (Å²) in [4.78, 5) is 0. The van der Waals surface area contributed by atoms with Gasteiger partial charge in [-0.1, -0.05) is 130 Å². The highest BCUT2D eigenvalue weighted by molar-refractivity contribution is 9.09. The van der Waals surface area contributed by atoms with Crippen LogP contribution < -0.4 is 20.9 Å². The summed E-state index contributed by atoms with van der Waals surface area (Å²) in [5, 5.41) is 3.05. The number of hydrogen-bond acceptors (Lipinski definition) is 3. The van der Waals surface area contributed by atoms with Gasteiger partial charge in [0.05, 0.1) is 13.2 Å². The van der Waals surface area contributed by atoms with Crippen molar-refractivity contribution in [3.63, 3.8) is 0 Å². The van der Waals surface area contributed by atoms with Crippen LogP contribution in [-0.4, -0.2) is 18.3 Å². The quantitative estimate of drug-likeness (QED) is 0.166. The molecule has 0 atom stereocenters. The van der Waals surface area contributed by atoms with E-state index < -0.39 is 0 Å². The molecule has 0 unspecified atom stereocenters. The predicted molar refractivity (Wildman–Crippen MR) is 179 cm³/mol. The van der Waals surface area contributed by atoms with Crippen LogP contribution in [0.1, 0.15) is 87.8 Å². The third-order valence-electron chi connectivity index (χ3n) is 5.41. The lowest BCUT2D eigenvalue weighted by molar-refractivity contribution is 0.312. The lowest BCUT2D eigenvalue weighted by Crippen LogP contribution is -2.21. The van der Waals surface area contributed by atoms with Crippen LogP contribution in [0.2, 0.25) is 0 Å². The van der Waals surface area contributed by atoms with Crippen LogP contribution in [0.5, 0.6) is 11.5 Å². The van der Waals surface area contributed by atoms with Crippen LogP contribution in [0.3, 0.4) is 0 Å². The number of rotatable bonds is 12. The van der Waals surface area contributed by atoms with E-state index in [0.717, 1.165) is 58.9 Å². The molecular weight excluding hydrogens is 748 g/mol. The number of halogens is 4. The lowest BCUT2D eigenvalue weighted by Gasteiger charge is -2.30. The van der Waals surface area contributed by atoms with Gasteiger partial charge in [0.1, 0.15) is 11.5 Å². The van der Waals surface area contributed by atoms with Crippen molar-refractivity contribution < 1.29 is 9.47 Å². The lowest BCUT2D eigenvalue weighted by atomic mass is 9.76. The Morgan fingerprint density at radius 2 is 0.946 bits per heavy atom. The highest BCUT2D eigenvalue weighted by Gasteiger charge is 2.28. The molecule has 2 aromatic carbocycles. The summed E-state index contributed by atoms with van der Waals surface area (Å²) in [5.41, 5.74) is 16.4. The Labute approximate surface area is 263 Å². The Balaban J connectivity index is 0.00000196. The molecule has 2 rings (SSSR count). The van der Waals surface area contributed by atoms with Gasteiger partial charge in [0.2, 0.25) is 0 Å². The van der Waals surface area contributed by atoms with E-state index in [1.54, 1.807) is 0 Å². The molecule has 0 spiro atoms. The Morgan fingerprint density at radius 3 is 1.14 bits per heavy atom. The van der Waals surface area contributed by atoms with Gasteiger partial charge in [0.25, 0.3) is 0 Å². The van der Waals surface area contributed by atoms with Crippen molar-refractivity contribution in [2.75, 3.05) is 13.2 Å². The highest BCUT2D eigenvalue weighted by Crippen LogP contribution is 2.41. The van der Waals surface area contributed by atoms with E-state index in [-0.39, 0.29) is 10.5 Å². The maximum atomic E-state index is 6.11. The van der Waals surface area contributed by atoms with Crippen LogP contribution in [0.25, 0.3) is 0 Å². The minimum atomic E-state index is -0.172. The van der Waals surface area contributed by atoms with E-state index >= 15 is 0 Å². The second-order valence-electron chi connectivity index (χ2n) is 8.51. The largest absolute Gasteiger partial charge is 0.493 e. The van der Waals surface area contributed by atoms with E-state index in [4.69, 9.17) is 9.47 Å². The molecule has 4 nitrogen and oxygen atoms in total. The zero-order valence-electron chi connectivity index (χ0n) is 22.9. The number of thiocarbonyl (C=S) groups is 1. The normalized spacial score (nSPS) is 10.5. The number of alkyl halides is 4. The molecule has 0 amide bonds. The standard InChI is InChI=1S/C25H32Br4O2.C2H6.CH4N2S/c1-5-7-30-23-17(13-26)9-21(10-18(23)14-27)25(3,4)22-11-19(15-28)24(31-8-6-2)20(12-22)16-29;1-2;2-1(3)4/h9-12H,5-8,13-16H2,1-4H3;1-2H3;(H4,2,3,4). The summed E-state index contributed by atoms with van der Waals surface area (Å²) in [6, 6.07) is 9.15. The van der Waals surface area contributed by atoms with Crippen LogP contribution in [-0.2, 0) is 26.7 Å².